The Kier molecular flexibility index (Phi) is 7.20. The monoisotopic (exact) mass is 464 g/mol. The summed E-state index contributed by atoms with van der Waals surface area (Å²) in [7, 11) is 0. The molecule has 2 amide bonds. The van der Waals surface area contributed by atoms with Gasteiger partial charge in [0.05, 0.1) is 0 Å². The Morgan fingerprint density at radius 3 is 2.12 bits per heavy atom. The summed E-state index contributed by atoms with van der Waals surface area (Å²) in [5, 5.41) is 14.9. The highest BCUT2D eigenvalue weighted by Crippen LogP contribution is 2.44. The molecular weight excluding hydrogens is 432 g/mol. The smallest absolute Gasteiger partial charge is 0.407 e. The Labute approximate surface area is 199 Å². The summed E-state index contributed by atoms with van der Waals surface area (Å²) in [5.41, 5.74) is 4.60. The fourth-order valence-corrected chi connectivity index (χ4v) is 4.74. The second-order valence-electron chi connectivity index (χ2n) is 9.39. The minimum absolute atomic E-state index is 0.0346. The van der Waals surface area contributed by atoms with E-state index in [-0.39, 0.29) is 42.7 Å². The van der Waals surface area contributed by atoms with Crippen LogP contribution in [0.5, 0.6) is 0 Å². The molecule has 180 valence electrons. The van der Waals surface area contributed by atoms with Gasteiger partial charge in [0.25, 0.3) is 0 Å². The lowest BCUT2D eigenvalue weighted by atomic mass is 9.98. The molecule has 2 aliphatic rings. The van der Waals surface area contributed by atoms with Crippen LogP contribution in [0.2, 0.25) is 0 Å². The van der Waals surface area contributed by atoms with Crippen LogP contribution >= 0.6 is 0 Å². The Balaban J connectivity index is 1.35. The number of carboxylic acids is 1. The molecule has 1 saturated carbocycles. The molecule has 2 aromatic carbocycles. The normalized spacial score (nSPS) is 17.1. The van der Waals surface area contributed by atoms with Gasteiger partial charge in [0, 0.05) is 18.4 Å². The number of rotatable bonds is 10. The van der Waals surface area contributed by atoms with E-state index in [9.17, 15) is 19.5 Å². The predicted octanol–water partition coefficient (Wildman–Crippen LogP) is 4.31. The Morgan fingerprint density at radius 2 is 1.59 bits per heavy atom. The highest BCUT2D eigenvalue weighted by atomic mass is 16.5. The zero-order chi connectivity index (χ0) is 24.2. The molecule has 0 spiro atoms. The number of carbonyl (C=O) groups is 3. The third-order valence-electron chi connectivity index (χ3n) is 7.04. The summed E-state index contributed by atoms with van der Waals surface area (Å²) in [6, 6.07) is 15.0. The van der Waals surface area contributed by atoms with E-state index in [1.165, 1.54) is 0 Å². The third kappa shape index (κ3) is 5.24. The molecule has 2 aromatic rings. The highest BCUT2D eigenvalue weighted by Gasteiger charge is 2.36. The molecule has 0 heterocycles. The first kappa shape index (κ1) is 23.8. The van der Waals surface area contributed by atoms with Gasteiger partial charge in [-0.05, 0) is 46.9 Å². The molecule has 7 nitrogen and oxygen atoms in total. The van der Waals surface area contributed by atoms with Gasteiger partial charge in [0.1, 0.15) is 12.6 Å². The number of aliphatic carboxylic acids is 1. The average Bonchev–Trinajstić information content (AvgIpc) is 3.63. The van der Waals surface area contributed by atoms with Crippen molar-refractivity contribution in [2.45, 2.75) is 57.5 Å². The third-order valence-corrected chi connectivity index (χ3v) is 7.04. The topological polar surface area (TPSA) is 105 Å². The number of carboxylic acid groups (broad SMARTS) is 1. The zero-order valence-corrected chi connectivity index (χ0v) is 19.6. The van der Waals surface area contributed by atoms with Gasteiger partial charge in [-0.15, -0.1) is 0 Å². The van der Waals surface area contributed by atoms with Gasteiger partial charge in [-0.1, -0.05) is 68.8 Å². The maximum Gasteiger partial charge on any atom is 0.407 e. The molecule has 0 bridgehead atoms. The number of hydrogen-bond acceptors (Lipinski definition) is 4. The molecule has 34 heavy (non-hydrogen) atoms. The van der Waals surface area contributed by atoms with Crippen molar-refractivity contribution in [2.24, 2.45) is 11.8 Å². The summed E-state index contributed by atoms with van der Waals surface area (Å²) in [5.74, 6) is -1.43. The van der Waals surface area contributed by atoms with Crippen LogP contribution < -0.4 is 10.6 Å². The van der Waals surface area contributed by atoms with Crippen LogP contribution in [0.4, 0.5) is 4.79 Å². The maximum atomic E-state index is 12.7. The van der Waals surface area contributed by atoms with Gasteiger partial charge in [-0.25, -0.2) is 9.59 Å². The van der Waals surface area contributed by atoms with E-state index in [0.29, 0.717) is 6.42 Å². The number of amides is 2. The number of benzene rings is 2. The molecule has 0 aromatic heterocycles. The fraction of sp³-hybridized carbons (Fsp3) is 0.444. The van der Waals surface area contributed by atoms with Gasteiger partial charge in [-0.3, -0.25) is 4.79 Å². The van der Waals surface area contributed by atoms with Crippen molar-refractivity contribution in [3.63, 3.8) is 0 Å². The van der Waals surface area contributed by atoms with Crippen LogP contribution in [-0.2, 0) is 14.3 Å². The molecule has 1 unspecified atom stereocenters. The quantitative estimate of drug-likeness (QED) is 0.486. The lowest BCUT2D eigenvalue weighted by Crippen LogP contribution is -2.48. The summed E-state index contributed by atoms with van der Waals surface area (Å²) in [6.07, 6.45) is 1.98. The minimum atomic E-state index is -1.05. The zero-order valence-electron chi connectivity index (χ0n) is 19.6. The maximum absolute atomic E-state index is 12.7. The second kappa shape index (κ2) is 10.3. The minimum Gasteiger partial charge on any atom is -0.480 e. The van der Waals surface area contributed by atoms with E-state index in [4.69, 9.17) is 4.74 Å². The first-order chi connectivity index (χ1) is 16.4. The largest absolute Gasteiger partial charge is 0.480 e. The molecule has 0 radical (unpaired) electrons. The summed E-state index contributed by atoms with van der Waals surface area (Å²) in [4.78, 5) is 36.8. The Bertz CT molecular complexity index is 1020. The van der Waals surface area contributed by atoms with Crippen LogP contribution in [0.1, 0.15) is 56.6 Å². The van der Waals surface area contributed by atoms with Gasteiger partial charge >= 0.3 is 12.1 Å². The molecular formula is C27H32N2O5. The summed E-state index contributed by atoms with van der Waals surface area (Å²) < 4.78 is 5.63. The Hall–Kier alpha value is -3.35. The number of nitrogens with one attached hydrogen (secondary N) is 2. The first-order valence-electron chi connectivity index (χ1n) is 12.0. The van der Waals surface area contributed by atoms with Crippen molar-refractivity contribution in [1.29, 1.82) is 0 Å². The van der Waals surface area contributed by atoms with E-state index in [0.717, 1.165) is 35.1 Å². The van der Waals surface area contributed by atoms with E-state index >= 15 is 0 Å². The van der Waals surface area contributed by atoms with Crippen molar-refractivity contribution < 1.29 is 24.2 Å². The van der Waals surface area contributed by atoms with Crippen molar-refractivity contribution in [3.05, 3.63) is 59.7 Å². The van der Waals surface area contributed by atoms with E-state index in [1.807, 2.05) is 31.2 Å². The van der Waals surface area contributed by atoms with Crippen LogP contribution in [-0.4, -0.2) is 41.8 Å². The number of carbonyl (C=O) groups excluding carboxylic acids is 2. The van der Waals surface area contributed by atoms with E-state index in [2.05, 4.69) is 34.9 Å². The first-order valence-corrected chi connectivity index (χ1v) is 12.0. The van der Waals surface area contributed by atoms with E-state index < -0.39 is 18.1 Å². The molecule has 7 heteroatoms. The molecule has 0 saturated heterocycles. The molecule has 4 rings (SSSR count). The summed E-state index contributed by atoms with van der Waals surface area (Å²) in [6.45, 7) is 3.89. The summed E-state index contributed by atoms with van der Waals surface area (Å²) >= 11 is 0. The molecule has 3 N–H and O–H groups in total. The van der Waals surface area contributed by atoms with E-state index in [1.54, 1.807) is 6.92 Å². The Morgan fingerprint density at radius 1 is 1.00 bits per heavy atom. The molecule has 0 aliphatic heterocycles. The average molecular weight is 465 g/mol. The predicted molar refractivity (Wildman–Crippen MR) is 128 cm³/mol. The van der Waals surface area contributed by atoms with Crippen LogP contribution in [0.3, 0.4) is 0 Å². The molecule has 1 fully saturated rings. The number of ether oxygens (including phenoxy) is 1. The number of alkyl carbamates (subject to hydrolysis) is 1. The highest BCUT2D eigenvalue weighted by molar-refractivity contribution is 5.84. The van der Waals surface area contributed by atoms with Crippen molar-refractivity contribution in [3.8, 4) is 11.1 Å². The molecule has 2 aliphatic carbocycles. The van der Waals surface area contributed by atoms with Gasteiger partial charge < -0.3 is 20.5 Å². The van der Waals surface area contributed by atoms with Crippen LogP contribution in [0, 0.1) is 11.8 Å². The van der Waals surface area contributed by atoms with Gasteiger partial charge in [-0.2, -0.15) is 0 Å². The van der Waals surface area contributed by atoms with Crippen LogP contribution in [0.25, 0.3) is 11.1 Å². The number of fused-ring (bicyclic) bond motifs is 3. The SMILES string of the molecule is CC[C@H](C)[C@H](NC(=O)CC(NC(=O)OCC1c2ccccc2-c2ccccc21)C1CC1)C(=O)O. The standard InChI is InChI=1S/C27H32N2O5/c1-3-16(2)25(26(31)32)29-24(30)14-23(17-12-13-17)28-27(33)34-15-22-20-10-6-4-8-18(20)19-9-5-7-11-21(19)22/h4-11,16-17,22-23,25H,3,12-15H2,1-2H3,(H,28,33)(H,29,30)(H,31,32)/t16-,23?,25-/m0/s1. The van der Waals surface area contributed by atoms with Gasteiger partial charge in [0.2, 0.25) is 5.91 Å². The van der Waals surface area contributed by atoms with Crippen molar-refractivity contribution in [1.82, 2.24) is 10.6 Å². The molecule has 3 atom stereocenters. The second-order valence-corrected chi connectivity index (χ2v) is 9.39. The fourth-order valence-electron chi connectivity index (χ4n) is 4.74. The lowest BCUT2D eigenvalue weighted by Gasteiger charge is -2.23. The van der Waals surface area contributed by atoms with Gasteiger partial charge in [0.15, 0.2) is 0 Å². The van der Waals surface area contributed by atoms with Crippen molar-refractivity contribution >= 4 is 18.0 Å². The van der Waals surface area contributed by atoms with Crippen LogP contribution in [0.15, 0.2) is 48.5 Å². The van der Waals surface area contributed by atoms with Crippen molar-refractivity contribution in [2.75, 3.05) is 6.61 Å². The lowest BCUT2D eigenvalue weighted by molar-refractivity contribution is -0.143. The number of hydrogen-bond donors (Lipinski definition) is 3.